The molecule has 0 aromatic heterocycles. The van der Waals surface area contributed by atoms with Crippen LogP contribution in [0.4, 0.5) is 11.4 Å². The number of nitrogens with zero attached hydrogens (tertiary/aromatic N) is 1. The zero-order valence-corrected chi connectivity index (χ0v) is 11.1. The van der Waals surface area contributed by atoms with Crippen molar-refractivity contribution in [3.05, 3.63) is 28.3 Å². The second-order valence-electron chi connectivity index (χ2n) is 3.97. The summed E-state index contributed by atoms with van der Waals surface area (Å²) in [5.74, 6) is 0. The number of hydrogen-bond acceptors (Lipinski definition) is 5. The lowest BCUT2D eigenvalue weighted by Gasteiger charge is -2.11. The monoisotopic (exact) mass is 273 g/mol. The Hall–Kier alpha value is -1.67. The summed E-state index contributed by atoms with van der Waals surface area (Å²) in [6.07, 6.45) is 0. The highest BCUT2D eigenvalue weighted by molar-refractivity contribution is 7.89. The molecule has 0 heterocycles. The Morgan fingerprint density at radius 3 is 2.39 bits per heavy atom. The summed E-state index contributed by atoms with van der Waals surface area (Å²) in [4.78, 5) is 9.79. The van der Waals surface area contributed by atoms with E-state index in [-0.39, 0.29) is 10.9 Å². The van der Waals surface area contributed by atoms with Gasteiger partial charge in [0.2, 0.25) is 10.0 Å². The van der Waals surface area contributed by atoms with E-state index in [1.807, 2.05) is 0 Å². The van der Waals surface area contributed by atoms with Gasteiger partial charge in [-0.25, -0.2) is 13.1 Å². The van der Waals surface area contributed by atoms with E-state index in [0.29, 0.717) is 5.69 Å². The number of nitrogens with one attached hydrogen (secondary N) is 2. The third-order valence-electron chi connectivity index (χ3n) is 2.13. The Labute approximate surface area is 105 Å². The van der Waals surface area contributed by atoms with E-state index in [0.717, 1.165) is 0 Å². The van der Waals surface area contributed by atoms with Gasteiger partial charge in [-0.05, 0) is 26.0 Å². The molecule has 0 aliphatic heterocycles. The van der Waals surface area contributed by atoms with Crippen LogP contribution in [0.2, 0.25) is 0 Å². The fourth-order valence-electron chi connectivity index (χ4n) is 1.41. The fraction of sp³-hybridized carbons (Fsp3) is 0.400. The Bertz CT molecular complexity index is 554. The van der Waals surface area contributed by atoms with Gasteiger partial charge in [0, 0.05) is 24.8 Å². The molecule has 0 aliphatic rings. The molecule has 0 aliphatic carbocycles. The SMILES string of the molecule is CNc1ccc([N+](=O)[O-])c(S(=O)(=O)NC(C)C)c1. The van der Waals surface area contributed by atoms with Gasteiger partial charge in [-0.1, -0.05) is 0 Å². The first kappa shape index (κ1) is 14.4. The summed E-state index contributed by atoms with van der Waals surface area (Å²) < 4.78 is 26.3. The summed E-state index contributed by atoms with van der Waals surface area (Å²) in [5.41, 5.74) is 0.0480. The molecule has 0 spiro atoms. The lowest BCUT2D eigenvalue weighted by molar-refractivity contribution is -0.387. The van der Waals surface area contributed by atoms with Crippen molar-refractivity contribution in [3.8, 4) is 0 Å². The predicted molar refractivity (Wildman–Crippen MR) is 68.1 cm³/mol. The van der Waals surface area contributed by atoms with Crippen LogP contribution in [0.3, 0.4) is 0 Å². The molecule has 0 bridgehead atoms. The van der Waals surface area contributed by atoms with Crippen LogP contribution in [0, 0.1) is 10.1 Å². The Morgan fingerprint density at radius 1 is 1.33 bits per heavy atom. The molecule has 0 radical (unpaired) electrons. The quantitative estimate of drug-likeness (QED) is 0.622. The highest BCUT2D eigenvalue weighted by Crippen LogP contribution is 2.26. The van der Waals surface area contributed by atoms with Gasteiger partial charge in [-0.15, -0.1) is 0 Å². The van der Waals surface area contributed by atoms with Gasteiger partial charge < -0.3 is 5.32 Å². The number of nitro benzene ring substituents is 1. The highest BCUT2D eigenvalue weighted by Gasteiger charge is 2.26. The second-order valence-corrected chi connectivity index (χ2v) is 5.65. The van der Waals surface area contributed by atoms with E-state index < -0.39 is 20.6 Å². The van der Waals surface area contributed by atoms with Crippen LogP contribution in [0.15, 0.2) is 23.1 Å². The fourth-order valence-corrected chi connectivity index (χ4v) is 2.86. The third kappa shape index (κ3) is 3.17. The van der Waals surface area contributed by atoms with Crippen LogP contribution in [-0.4, -0.2) is 26.4 Å². The van der Waals surface area contributed by atoms with Gasteiger partial charge in [0.25, 0.3) is 5.69 Å². The summed E-state index contributed by atoms with van der Waals surface area (Å²) in [6.45, 7) is 3.29. The smallest absolute Gasteiger partial charge is 0.289 e. The number of anilines is 1. The lowest BCUT2D eigenvalue weighted by atomic mass is 10.3. The Morgan fingerprint density at radius 2 is 1.94 bits per heavy atom. The van der Waals surface area contributed by atoms with Crippen LogP contribution in [0.25, 0.3) is 0 Å². The highest BCUT2D eigenvalue weighted by atomic mass is 32.2. The molecule has 8 heteroatoms. The molecule has 1 aromatic carbocycles. The van der Waals surface area contributed by atoms with Crippen molar-refractivity contribution in [3.63, 3.8) is 0 Å². The van der Waals surface area contributed by atoms with E-state index in [1.54, 1.807) is 20.9 Å². The van der Waals surface area contributed by atoms with Gasteiger partial charge in [0.05, 0.1) is 4.92 Å². The molecule has 0 saturated carbocycles. The molecular formula is C10H15N3O4S. The molecule has 0 amide bonds. The number of sulfonamides is 1. The van der Waals surface area contributed by atoms with Crippen molar-refractivity contribution < 1.29 is 13.3 Å². The molecule has 2 N–H and O–H groups in total. The molecule has 100 valence electrons. The minimum Gasteiger partial charge on any atom is -0.388 e. The van der Waals surface area contributed by atoms with Crippen LogP contribution >= 0.6 is 0 Å². The first-order valence-corrected chi connectivity index (χ1v) is 6.74. The normalized spacial score (nSPS) is 11.6. The summed E-state index contributed by atoms with van der Waals surface area (Å²) in [6, 6.07) is 3.52. The van der Waals surface area contributed by atoms with Crippen molar-refractivity contribution in [2.75, 3.05) is 12.4 Å². The zero-order chi connectivity index (χ0) is 13.9. The number of nitro groups is 1. The van der Waals surface area contributed by atoms with Crippen molar-refractivity contribution in [2.45, 2.75) is 24.8 Å². The van der Waals surface area contributed by atoms with Gasteiger partial charge in [-0.3, -0.25) is 10.1 Å². The molecule has 0 saturated heterocycles. The average molecular weight is 273 g/mol. The third-order valence-corrected chi connectivity index (χ3v) is 3.81. The summed E-state index contributed by atoms with van der Waals surface area (Å²) >= 11 is 0. The standard InChI is InChI=1S/C10H15N3O4S/c1-7(2)12-18(16,17)10-6-8(11-3)4-5-9(10)13(14)15/h4-7,11-12H,1-3H3. The first-order valence-electron chi connectivity index (χ1n) is 5.26. The summed E-state index contributed by atoms with van der Waals surface area (Å²) in [5, 5.41) is 13.6. The summed E-state index contributed by atoms with van der Waals surface area (Å²) in [7, 11) is -2.29. The number of rotatable bonds is 5. The molecule has 1 rings (SSSR count). The molecule has 18 heavy (non-hydrogen) atoms. The Balaban J connectivity index is 3.40. The van der Waals surface area contributed by atoms with E-state index >= 15 is 0 Å². The molecule has 7 nitrogen and oxygen atoms in total. The topological polar surface area (TPSA) is 101 Å². The van der Waals surface area contributed by atoms with Gasteiger partial charge in [-0.2, -0.15) is 0 Å². The largest absolute Gasteiger partial charge is 0.388 e. The van der Waals surface area contributed by atoms with E-state index in [1.165, 1.54) is 18.2 Å². The molecular weight excluding hydrogens is 258 g/mol. The Kier molecular flexibility index (Phi) is 4.25. The van der Waals surface area contributed by atoms with Crippen LogP contribution < -0.4 is 10.0 Å². The van der Waals surface area contributed by atoms with Crippen molar-refractivity contribution >= 4 is 21.4 Å². The zero-order valence-electron chi connectivity index (χ0n) is 10.3. The minimum absolute atomic E-state index is 0.340. The van der Waals surface area contributed by atoms with Crippen molar-refractivity contribution in [1.29, 1.82) is 0 Å². The number of benzene rings is 1. The van der Waals surface area contributed by atoms with Crippen LogP contribution in [-0.2, 0) is 10.0 Å². The van der Waals surface area contributed by atoms with E-state index in [4.69, 9.17) is 0 Å². The van der Waals surface area contributed by atoms with Gasteiger partial charge in [0.1, 0.15) is 0 Å². The maximum absolute atomic E-state index is 12.0. The second kappa shape index (κ2) is 5.32. The predicted octanol–water partition coefficient (Wildman–Crippen LogP) is 1.32. The molecule has 0 fully saturated rings. The molecule has 0 unspecified atom stereocenters. The van der Waals surface area contributed by atoms with E-state index in [9.17, 15) is 18.5 Å². The van der Waals surface area contributed by atoms with Crippen LogP contribution in [0.1, 0.15) is 13.8 Å². The van der Waals surface area contributed by atoms with Crippen LogP contribution in [0.5, 0.6) is 0 Å². The lowest BCUT2D eigenvalue weighted by Crippen LogP contribution is -2.30. The van der Waals surface area contributed by atoms with Gasteiger partial charge in [0.15, 0.2) is 4.90 Å². The number of hydrogen-bond donors (Lipinski definition) is 2. The maximum Gasteiger partial charge on any atom is 0.289 e. The minimum atomic E-state index is -3.90. The van der Waals surface area contributed by atoms with E-state index in [2.05, 4.69) is 10.0 Å². The van der Waals surface area contributed by atoms with Crippen molar-refractivity contribution in [2.24, 2.45) is 0 Å². The molecule has 1 aromatic rings. The van der Waals surface area contributed by atoms with Gasteiger partial charge >= 0.3 is 0 Å². The average Bonchev–Trinajstić information content (AvgIpc) is 2.26. The molecule has 0 atom stereocenters. The first-order chi connectivity index (χ1) is 8.27. The maximum atomic E-state index is 12.0. The van der Waals surface area contributed by atoms with Crippen molar-refractivity contribution in [1.82, 2.24) is 4.72 Å².